The number of amides is 1. The summed E-state index contributed by atoms with van der Waals surface area (Å²) in [4.78, 5) is 16.6. The van der Waals surface area contributed by atoms with Crippen LogP contribution in [0.15, 0.2) is 52.1 Å². The van der Waals surface area contributed by atoms with Crippen molar-refractivity contribution in [3.63, 3.8) is 0 Å². The summed E-state index contributed by atoms with van der Waals surface area (Å²) in [6.07, 6.45) is 0. The molecule has 0 spiro atoms. The molecule has 0 saturated heterocycles. The number of fused-ring (bicyclic) bond motifs is 1. The van der Waals surface area contributed by atoms with Gasteiger partial charge in [0, 0.05) is 22.7 Å². The van der Waals surface area contributed by atoms with Gasteiger partial charge < -0.3 is 9.73 Å². The molecule has 0 bridgehead atoms. The summed E-state index contributed by atoms with van der Waals surface area (Å²) >= 11 is 13.3. The molecule has 1 N–H and O–H groups in total. The topological polar surface area (TPSA) is 55.1 Å². The average Bonchev–Trinajstić information content (AvgIpc) is 2.95. The van der Waals surface area contributed by atoms with Gasteiger partial charge >= 0.3 is 0 Å². The molecule has 0 aliphatic rings. The number of rotatable bonds is 5. The van der Waals surface area contributed by atoms with Crippen molar-refractivity contribution in [1.29, 1.82) is 0 Å². The average molecular weight is 381 g/mol. The predicted molar refractivity (Wildman–Crippen MR) is 97.6 cm³/mol. The molecule has 7 heteroatoms. The second-order valence-corrected chi connectivity index (χ2v) is 7.30. The quantitative estimate of drug-likeness (QED) is 0.637. The molecule has 0 fully saturated rings. The Morgan fingerprint density at radius 2 is 2.08 bits per heavy atom. The number of hydrogen-bond donors (Lipinski definition) is 1. The molecule has 0 saturated carbocycles. The zero-order chi connectivity index (χ0) is 17.1. The number of oxazole rings is 1. The number of benzene rings is 2. The summed E-state index contributed by atoms with van der Waals surface area (Å²) < 4.78 is 5.62. The van der Waals surface area contributed by atoms with Crippen molar-refractivity contribution in [2.75, 3.05) is 0 Å². The number of thioether (sulfide) groups is 1. The molecular weight excluding hydrogens is 367 g/mol. The maximum Gasteiger partial charge on any atom is 0.257 e. The van der Waals surface area contributed by atoms with Gasteiger partial charge in [0.1, 0.15) is 5.52 Å². The fraction of sp³-hybridized carbons (Fsp3) is 0.176. The van der Waals surface area contributed by atoms with Crippen molar-refractivity contribution in [1.82, 2.24) is 10.3 Å². The summed E-state index contributed by atoms with van der Waals surface area (Å²) in [6.45, 7) is 2.18. The highest BCUT2D eigenvalue weighted by Gasteiger charge is 2.18. The van der Waals surface area contributed by atoms with Gasteiger partial charge in [0.2, 0.25) is 5.91 Å². The van der Waals surface area contributed by atoms with Crippen LogP contribution in [-0.2, 0) is 11.3 Å². The number of halogens is 2. The van der Waals surface area contributed by atoms with Crippen LogP contribution >= 0.6 is 35.0 Å². The Morgan fingerprint density at radius 1 is 1.29 bits per heavy atom. The van der Waals surface area contributed by atoms with E-state index in [-0.39, 0.29) is 11.2 Å². The van der Waals surface area contributed by atoms with Crippen LogP contribution < -0.4 is 5.32 Å². The van der Waals surface area contributed by atoms with Gasteiger partial charge in [0.15, 0.2) is 5.58 Å². The molecule has 2 aromatic carbocycles. The van der Waals surface area contributed by atoms with Crippen molar-refractivity contribution in [3.8, 4) is 0 Å². The minimum atomic E-state index is -0.351. The molecule has 3 rings (SSSR count). The van der Waals surface area contributed by atoms with Gasteiger partial charge in [-0.1, -0.05) is 53.2 Å². The van der Waals surface area contributed by atoms with E-state index in [1.54, 1.807) is 31.2 Å². The van der Waals surface area contributed by atoms with E-state index in [0.717, 1.165) is 5.56 Å². The first-order valence-electron chi connectivity index (χ1n) is 7.27. The Labute approximate surface area is 153 Å². The number of nitrogens with one attached hydrogen (secondary N) is 1. The maximum atomic E-state index is 12.2. The highest BCUT2D eigenvalue weighted by molar-refractivity contribution is 8.00. The van der Waals surface area contributed by atoms with Crippen LogP contribution in [-0.4, -0.2) is 16.1 Å². The minimum absolute atomic E-state index is 0.111. The van der Waals surface area contributed by atoms with Crippen molar-refractivity contribution >= 4 is 52.0 Å². The monoisotopic (exact) mass is 380 g/mol. The fourth-order valence-electron chi connectivity index (χ4n) is 2.10. The molecule has 1 amide bonds. The van der Waals surface area contributed by atoms with E-state index in [1.807, 2.05) is 18.2 Å². The Hall–Kier alpha value is -1.69. The van der Waals surface area contributed by atoms with Crippen molar-refractivity contribution in [2.45, 2.75) is 23.9 Å². The SMILES string of the molecule is C[C@@H](Sc1nc2ccc(Cl)cc2o1)C(=O)NCc1ccccc1Cl. The largest absolute Gasteiger partial charge is 0.431 e. The lowest BCUT2D eigenvalue weighted by atomic mass is 10.2. The van der Waals surface area contributed by atoms with Crippen LogP contribution in [0.4, 0.5) is 0 Å². The highest BCUT2D eigenvalue weighted by atomic mass is 35.5. The third-order valence-electron chi connectivity index (χ3n) is 3.39. The standard InChI is InChI=1S/C17H14Cl2N2O2S/c1-10(16(22)20-9-11-4-2-3-5-13(11)19)24-17-21-14-7-6-12(18)8-15(14)23-17/h2-8,10H,9H2,1H3,(H,20,22)/t10-/m1/s1. The first-order chi connectivity index (χ1) is 11.5. The van der Waals surface area contributed by atoms with Gasteiger partial charge in [-0.15, -0.1) is 0 Å². The van der Waals surface area contributed by atoms with Crippen LogP contribution in [0.2, 0.25) is 10.0 Å². The molecule has 0 unspecified atom stereocenters. The zero-order valence-corrected chi connectivity index (χ0v) is 15.1. The van der Waals surface area contributed by atoms with Gasteiger partial charge in [-0.2, -0.15) is 0 Å². The van der Waals surface area contributed by atoms with E-state index in [0.29, 0.717) is 32.9 Å². The lowest BCUT2D eigenvalue weighted by Crippen LogP contribution is -2.30. The molecule has 1 heterocycles. The number of aromatic nitrogens is 1. The van der Waals surface area contributed by atoms with Crippen LogP contribution in [0.1, 0.15) is 12.5 Å². The Morgan fingerprint density at radius 3 is 2.88 bits per heavy atom. The fourth-order valence-corrected chi connectivity index (χ4v) is 3.25. The molecule has 1 aromatic heterocycles. The maximum absolute atomic E-state index is 12.2. The summed E-state index contributed by atoms with van der Waals surface area (Å²) in [6, 6.07) is 12.7. The molecule has 3 aromatic rings. The van der Waals surface area contributed by atoms with Crippen molar-refractivity contribution in [3.05, 3.63) is 58.1 Å². The molecular formula is C17H14Cl2N2O2S. The van der Waals surface area contributed by atoms with Gasteiger partial charge in [-0.3, -0.25) is 4.79 Å². The number of carbonyl (C=O) groups excluding carboxylic acids is 1. The normalized spacial score (nSPS) is 12.3. The molecule has 4 nitrogen and oxygen atoms in total. The van der Waals surface area contributed by atoms with Crippen LogP contribution in [0.5, 0.6) is 0 Å². The molecule has 24 heavy (non-hydrogen) atoms. The van der Waals surface area contributed by atoms with Gasteiger partial charge in [0.05, 0.1) is 5.25 Å². The summed E-state index contributed by atoms with van der Waals surface area (Å²) in [5, 5.41) is 4.17. The van der Waals surface area contributed by atoms with Crippen LogP contribution in [0, 0.1) is 0 Å². The van der Waals surface area contributed by atoms with E-state index >= 15 is 0 Å². The molecule has 0 aliphatic carbocycles. The first kappa shape index (κ1) is 17.1. The Balaban J connectivity index is 1.61. The minimum Gasteiger partial charge on any atom is -0.431 e. The van der Waals surface area contributed by atoms with Crippen LogP contribution in [0.3, 0.4) is 0 Å². The third-order valence-corrected chi connectivity index (χ3v) is 4.94. The molecule has 0 aliphatic heterocycles. The lowest BCUT2D eigenvalue weighted by Gasteiger charge is -2.10. The number of carbonyl (C=O) groups is 1. The molecule has 124 valence electrons. The zero-order valence-electron chi connectivity index (χ0n) is 12.8. The van der Waals surface area contributed by atoms with E-state index in [1.165, 1.54) is 11.8 Å². The second-order valence-electron chi connectivity index (χ2n) is 5.16. The van der Waals surface area contributed by atoms with Crippen molar-refractivity contribution < 1.29 is 9.21 Å². The smallest absolute Gasteiger partial charge is 0.257 e. The molecule has 1 atom stereocenters. The Kier molecular flexibility index (Phi) is 5.33. The van der Waals surface area contributed by atoms with E-state index in [9.17, 15) is 4.79 Å². The van der Waals surface area contributed by atoms with E-state index in [2.05, 4.69) is 10.3 Å². The lowest BCUT2D eigenvalue weighted by molar-refractivity contribution is -0.120. The van der Waals surface area contributed by atoms with Gasteiger partial charge in [0.25, 0.3) is 5.22 Å². The molecule has 0 radical (unpaired) electrons. The number of hydrogen-bond acceptors (Lipinski definition) is 4. The van der Waals surface area contributed by atoms with E-state index < -0.39 is 0 Å². The Bertz CT molecular complexity index is 882. The number of nitrogens with zero attached hydrogens (tertiary/aromatic N) is 1. The predicted octanol–water partition coefficient (Wildman–Crippen LogP) is 4.93. The highest BCUT2D eigenvalue weighted by Crippen LogP contribution is 2.28. The summed E-state index contributed by atoms with van der Waals surface area (Å²) in [5.74, 6) is -0.111. The van der Waals surface area contributed by atoms with Crippen molar-refractivity contribution in [2.24, 2.45) is 0 Å². The second kappa shape index (κ2) is 7.47. The third kappa shape index (κ3) is 4.04. The van der Waals surface area contributed by atoms with Gasteiger partial charge in [-0.05, 0) is 30.7 Å². The van der Waals surface area contributed by atoms with E-state index in [4.69, 9.17) is 27.6 Å². The summed E-state index contributed by atoms with van der Waals surface area (Å²) in [7, 11) is 0. The van der Waals surface area contributed by atoms with Crippen LogP contribution in [0.25, 0.3) is 11.1 Å². The first-order valence-corrected chi connectivity index (χ1v) is 8.90. The summed E-state index contributed by atoms with van der Waals surface area (Å²) in [5.41, 5.74) is 2.19. The van der Waals surface area contributed by atoms with Gasteiger partial charge in [-0.25, -0.2) is 4.98 Å².